The van der Waals surface area contributed by atoms with E-state index in [4.69, 9.17) is 0 Å². The van der Waals surface area contributed by atoms with Gasteiger partial charge >= 0.3 is 0 Å². The van der Waals surface area contributed by atoms with Crippen molar-refractivity contribution in [2.24, 2.45) is 0 Å². The van der Waals surface area contributed by atoms with E-state index in [2.05, 4.69) is 15.2 Å². The molecule has 1 aromatic carbocycles. The summed E-state index contributed by atoms with van der Waals surface area (Å²) in [4.78, 5) is 32.7. The summed E-state index contributed by atoms with van der Waals surface area (Å²) in [5.41, 5.74) is 1.37. The fourth-order valence-electron chi connectivity index (χ4n) is 3.13. The molecule has 2 aromatic rings. The van der Waals surface area contributed by atoms with Crippen LogP contribution >= 0.6 is 11.8 Å². The van der Waals surface area contributed by atoms with E-state index >= 15 is 0 Å². The fourth-order valence-corrected chi connectivity index (χ4v) is 3.92. The van der Waals surface area contributed by atoms with Crippen LogP contribution < -0.4 is 15.2 Å². The van der Waals surface area contributed by atoms with E-state index in [0.717, 1.165) is 29.5 Å². The van der Waals surface area contributed by atoms with Crippen LogP contribution in [-0.2, 0) is 4.79 Å². The zero-order valence-electron chi connectivity index (χ0n) is 13.7. The van der Waals surface area contributed by atoms with Crippen molar-refractivity contribution in [3.8, 4) is 0 Å². The zero-order chi connectivity index (χ0) is 17.2. The number of carbonyl (C=O) groups excluding carboxylic acids is 2. The molecule has 1 fully saturated rings. The van der Waals surface area contributed by atoms with Gasteiger partial charge in [-0.3, -0.25) is 14.5 Å². The summed E-state index contributed by atoms with van der Waals surface area (Å²) in [6, 6.07) is 11.6. The SMILES string of the molecule is O=C1CSc2ccc(C(=O)N3CCN(c4cccc[nH+]4)CC3)cc2N1. The molecule has 0 aliphatic carbocycles. The number of benzene rings is 1. The van der Waals surface area contributed by atoms with Crippen molar-refractivity contribution in [3.05, 3.63) is 48.2 Å². The highest BCUT2D eigenvalue weighted by Crippen LogP contribution is 2.32. The lowest BCUT2D eigenvalue weighted by Gasteiger charge is -2.31. The van der Waals surface area contributed by atoms with E-state index in [1.807, 2.05) is 41.4 Å². The van der Waals surface area contributed by atoms with Gasteiger partial charge in [0.2, 0.25) is 5.91 Å². The number of amides is 2. The van der Waals surface area contributed by atoms with Gasteiger partial charge in [0.25, 0.3) is 11.7 Å². The molecule has 25 heavy (non-hydrogen) atoms. The molecule has 0 radical (unpaired) electrons. The third-order valence-electron chi connectivity index (χ3n) is 4.46. The average Bonchev–Trinajstić information content (AvgIpc) is 2.67. The van der Waals surface area contributed by atoms with E-state index in [0.29, 0.717) is 24.4 Å². The van der Waals surface area contributed by atoms with Gasteiger partial charge in [-0.1, -0.05) is 6.07 Å². The molecular formula is C18H19N4O2S+. The number of hydrogen-bond acceptors (Lipinski definition) is 4. The molecule has 0 bridgehead atoms. The Kier molecular flexibility index (Phi) is 4.31. The number of carbonyl (C=O) groups is 2. The second-order valence-corrected chi connectivity index (χ2v) is 7.09. The standard InChI is InChI=1S/C18H18N4O2S/c23-17-12-25-15-5-4-13(11-14(15)20-17)18(24)22-9-7-21(8-10-22)16-3-1-2-6-19-16/h1-6,11H,7-10,12H2,(H,20,23)/p+1. The van der Waals surface area contributed by atoms with Crippen LogP contribution in [0, 0.1) is 0 Å². The molecule has 0 spiro atoms. The monoisotopic (exact) mass is 355 g/mol. The molecule has 0 unspecified atom stereocenters. The minimum Gasteiger partial charge on any atom is -0.331 e. The number of thioether (sulfide) groups is 1. The van der Waals surface area contributed by atoms with Crippen molar-refractivity contribution in [1.29, 1.82) is 0 Å². The first-order valence-electron chi connectivity index (χ1n) is 8.28. The summed E-state index contributed by atoms with van der Waals surface area (Å²) in [6.07, 6.45) is 1.91. The highest BCUT2D eigenvalue weighted by atomic mass is 32.2. The Balaban J connectivity index is 1.44. The first-order chi connectivity index (χ1) is 12.2. The van der Waals surface area contributed by atoms with Crippen molar-refractivity contribution >= 4 is 35.1 Å². The minimum atomic E-state index is -0.0187. The van der Waals surface area contributed by atoms with E-state index < -0.39 is 0 Å². The van der Waals surface area contributed by atoms with Crippen molar-refractivity contribution in [1.82, 2.24) is 4.90 Å². The number of nitrogens with zero attached hydrogens (tertiary/aromatic N) is 2. The van der Waals surface area contributed by atoms with E-state index in [1.54, 1.807) is 6.07 Å². The normalized spacial score (nSPS) is 17.0. The van der Waals surface area contributed by atoms with E-state index in [9.17, 15) is 9.59 Å². The maximum atomic E-state index is 12.8. The van der Waals surface area contributed by atoms with Gasteiger partial charge in [0.05, 0.1) is 30.7 Å². The summed E-state index contributed by atoms with van der Waals surface area (Å²) < 4.78 is 0. The molecule has 2 N–H and O–H groups in total. The van der Waals surface area contributed by atoms with Crippen LogP contribution in [0.5, 0.6) is 0 Å². The molecule has 3 heterocycles. The molecule has 128 valence electrons. The Morgan fingerprint density at radius 3 is 2.72 bits per heavy atom. The number of rotatable bonds is 2. The van der Waals surface area contributed by atoms with Gasteiger partial charge in [0.1, 0.15) is 13.1 Å². The number of fused-ring (bicyclic) bond motifs is 1. The van der Waals surface area contributed by atoms with Crippen molar-refractivity contribution in [3.63, 3.8) is 0 Å². The third kappa shape index (κ3) is 3.32. The summed E-state index contributed by atoms with van der Waals surface area (Å²) >= 11 is 1.50. The first kappa shape index (κ1) is 16.0. The number of H-pyrrole nitrogens is 1. The van der Waals surface area contributed by atoms with Crippen LogP contribution in [0.25, 0.3) is 0 Å². The van der Waals surface area contributed by atoms with Gasteiger partial charge in [0.15, 0.2) is 0 Å². The highest BCUT2D eigenvalue weighted by Gasteiger charge is 2.27. The lowest BCUT2D eigenvalue weighted by atomic mass is 10.1. The zero-order valence-corrected chi connectivity index (χ0v) is 14.5. The quantitative estimate of drug-likeness (QED) is 0.887. The third-order valence-corrected chi connectivity index (χ3v) is 5.53. The van der Waals surface area contributed by atoms with E-state index in [1.165, 1.54) is 11.8 Å². The molecule has 0 saturated carbocycles. The van der Waals surface area contributed by atoms with Crippen LogP contribution in [0.1, 0.15) is 10.4 Å². The van der Waals surface area contributed by atoms with Gasteiger partial charge in [-0.25, -0.2) is 4.98 Å². The summed E-state index contributed by atoms with van der Waals surface area (Å²) in [5.74, 6) is 1.50. The van der Waals surface area contributed by atoms with Gasteiger partial charge in [-0.2, -0.15) is 0 Å². The van der Waals surface area contributed by atoms with Crippen LogP contribution in [0.4, 0.5) is 11.5 Å². The number of piperazine rings is 1. The largest absolute Gasteiger partial charge is 0.331 e. The maximum Gasteiger partial charge on any atom is 0.274 e. The Labute approximate surface area is 150 Å². The molecule has 2 aliphatic heterocycles. The lowest BCUT2D eigenvalue weighted by Crippen LogP contribution is -2.50. The molecule has 7 heteroatoms. The topological polar surface area (TPSA) is 66.8 Å². The number of hydrogen-bond donors (Lipinski definition) is 1. The van der Waals surface area contributed by atoms with Crippen molar-refractivity contribution < 1.29 is 14.6 Å². The second kappa shape index (κ2) is 6.76. The Morgan fingerprint density at radius 1 is 1.12 bits per heavy atom. The van der Waals surface area contributed by atoms with Crippen molar-refractivity contribution in [2.45, 2.75) is 4.90 Å². The van der Waals surface area contributed by atoms with Gasteiger partial charge in [-0.15, -0.1) is 11.8 Å². The summed E-state index contributed by atoms with van der Waals surface area (Å²) in [6.45, 7) is 2.95. The molecule has 1 saturated heterocycles. The van der Waals surface area contributed by atoms with Gasteiger partial charge in [0, 0.05) is 16.5 Å². The van der Waals surface area contributed by atoms with Crippen molar-refractivity contribution in [2.75, 3.05) is 42.1 Å². The van der Waals surface area contributed by atoms with Gasteiger partial charge < -0.3 is 10.2 Å². The number of anilines is 2. The summed E-state index contributed by atoms with van der Waals surface area (Å²) in [5, 5.41) is 2.84. The summed E-state index contributed by atoms with van der Waals surface area (Å²) in [7, 11) is 0. The van der Waals surface area contributed by atoms with Crippen LogP contribution in [-0.4, -0.2) is 48.6 Å². The Bertz CT molecular complexity index is 804. The van der Waals surface area contributed by atoms with Crippen LogP contribution in [0.3, 0.4) is 0 Å². The fraction of sp³-hybridized carbons (Fsp3) is 0.278. The predicted molar refractivity (Wildman–Crippen MR) is 96.9 cm³/mol. The molecule has 1 aromatic heterocycles. The molecule has 6 nitrogen and oxygen atoms in total. The van der Waals surface area contributed by atoms with Gasteiger partial charge in [-0.05, 0) is 24.3 Å². The molecule has 2 aliphatic rings. The molecular weight excluding hydrogens is 336 g/mol. The maximum absolute atomic E-state index is 12.8. The molecule has 4 rings (SSSR count). The highest BCUT2D eigenvalue weighted by molar-refractivity contribution is 8.00. The van der Waals surface area contributed by atoms with E-state index in [-0.39, 0.29) is 11.8 Å². The second-order valence-electron chi connectivity index (χ2n) is 6.07. The number of nitrogens with one attached hydrogen (secondary N) is 2. The number of pyridine rings is 1. The average molecular weight is 355 g/mol. The molecule has 2 amide bonds. The minimum absolute atomic E-state index is 0.0179. The number of aromatic nitrogens is 1. The molecule has 0 atom stereocenters. The lowest BCUT2D eigenvalue weighted by molar-refractivity contribution is -0.364. The van der Waals surface area contributed by atoms with Crippen LogP contribution in [0.15, 0.2) is 47.5 Å². The first-order valence-corrected chi connectivity index (χ1v) is 9.27. The predicted octanol–water partition coefficient (Wildman–Crippen LogP) is 1.51. The smallest absolute Gasteiger partial charge is 0.274 e. The Hall–Kier alpha value is -2.54. The number of aromatic amines is 1. The Morgan fingerprint density at radius 2 is 1.96 bits per heavy atom. The van der Waals surface area contributed by atoms with Crippen LogP contribution in [0.2, 0.25) is 0 Å².